The molecule has 0 radical (unpaired) electrons. The lowest BCUT2D eigenvalue weighted by molar-refractivity contribution is -0.142. The highest BCUT2D eigenvalue weighted by atomic mass is 32.2. The zero-order valence-corrected chi connectivity index (χ0v) is 31.0. The summed E-state index contributed by atoms with van der Waals surface area (Å²) >= 11 is 0. The van der Waals surface area contributed by atoms with Gasteiger partial charge >= 0.3 is 6.03 Å². The molecule has 5 atom stereocenters. The van der Waals surface area contributed by atoms with Gasteiger partial charge in [-0.3, -0.25) is 19.1 Å². The third kappa shape index (κ3) is 7.22. The van der Waals surface area contributed by atoms with Crippen LogP contribution in [0.4, 0.5) is 4.79 Å². The molecule has 1 saturated heterocycles. The Kier molecular flexibility index (Phi) is 9.49. The van der Waals surface area contributed by atoms with Crippen molar-refractivity contribution in [3.05, 3.63) is 66.2 Å². The van der Waals surface area contributed by atoms with Gasteiger partial charge < -0.3 is 30.4 Å². The highest BCUT2D eigenvalue weighted by molar-refractivity contribution is 7.91. The average Bonchev–Trinajstić information content (AvgIpc) is 4.03. The normalized spacial score (nSPS) is 28.2. The molecule has 53 heavy (non-hydrogen) atoms. The number of nitrogens with zero attached hydrogens (tertiary/aromatic N) is 2. The molecule has 3 unspecified atom stereocenters. The van der Waals surface area contributed by atoms with Crippen LogP contribution in [0.25, 0.3) is 11.1 Å². The summed E-state index contributed by atoms with van der Waals surface area (Å²) in [7, 11) is -3.89. The fourth-order valence-corrected chi connectivity index (χ4v) is 8.70. The van der Waals surface area contributed by atoms with E-state index in [9.17, 15) is 27.6 Å². The SMILES string of the molecule is C=C[C@@H]1CC1(NC(=O)C1CC2CN1C(=O)[C@H](C(C)(C)C)NC(=O)NCCCCOc1ccc3c(c1)/C(=N/O2)c1ccccc1-3)C(=O)NS(=O)(=O)C1CC1. The van der Waals surface area contributed by atoms with Gasteiger partial charge in [0.1, 0.15) is 35.2 Å². The lowest BCUT2D eigenvalue weighted by Crippen LogP contribution is -2.61. The maximum absolute atomic E-state index is 14.5. The number of ether oxygens (including phenoxy) is 1. The molecule has 2 aromatic rings. The van der Waals surface area contributed by atoms with Gasteiger partial charge in [0.2, 0.25) is 21.8 Å². The van der Waals surface area contributed by atoms with E-state index >= 15 is 0 Å². The van der Waals surface area contributed by atoms with E-state index < -0.39 is 74.1 Å². The van der Waals surface area contributed by atoms with Crippen LogP contribution in [0.15, 0.2) is 60.3 Å². The molecule has 2 heterocycles. The summed E-state index contributed by atoms with van der Waals surface area (Å²) < 4.78 is 33.6. The molecule has 0 aromatic heterocycles. The number of hydrogen-bond acceptors (Lipinski definition) is 9. The van der Waals surface area contributed by atoms with Gasteiger partial charge in [0.25, 0.3) is 5.91 Å². The first kappa shape index (κ1) is 36.4. The van der Waals surface area contributed by atoms with E-state index in [-0.39, 0.29) is 19.4 Å². The van der Waals surface area contributed by atoms with Crippen molar-refractivity contribution >= 4 is 39.5 Å². The molecular formula is C38H46N6O8S. The van der Waals surface area contributed by atoms with Crippen LogP contribution in [0.5, 0.6) is 5.75 Å². The Morgan fingerprint density at radius 1 is 1.06 bits per heavy atom. The van der Waals surface area contributed by atoms with E-state index in [1.54, 1.807) is 0 Å². The number of carbonyl (C=O) groups excluding carboxylic acids is 4. The molecule has 4 N–H and O–H groups in total. The summed E-state index contributed by atoms with van der Waals surface area (Å²) in [6.07, 6.45) is 3.17. The predicted octanol–water partition coefficient (Wildman–Crippen LogP) is 2.96. The first-order valence-corrected chi connectivity index (χ1v) is 19.7. The van der Waals surface area contributed by atoms with Crippen molar-refractivity contribution in [3.63, 3.8) is 0 Å². The van der Waals surface area contributed by atoms with Gasteiger partial charge in [-0.15, -0.1) is 6.58 Å². The molecule has 15 heteroatoms. The van der Waals surface area contributed by atoms with Crippen LogP contribution in [0.3, 0.4) is 0 Å². The second-order valence-corrected chi connectivity index (χ2v) is 17.6. The van der Waals surface area contributed by atoms with Crippen LogP contribution in [-0.4, -0.2) is 91.5 Å². The Hall–Kier alpha value is -4.92. The summed E-state index contributed by atoms with van der Waals surface area (Å²) in [6.45, 7) is 9.97. The molecule has 7 rings (SSSR count). The van der Waals surface area contributed by atoms with Crippen molar-refractivity contribution in [3.8, 4) is 16.9 Å². The van der Waals surface area contributed by atoms with Crippen molar-refractivity contribution < 1.29 is 37.2 Å². The maximum Gasteiger partial charge on any atom is 0.315 e. The summed E-state index contributed by atoms with van der Waals surface area (Å²) in [5, 5.41) is 12.4. The first-order chi connectivity index (χ1) is 25.2. The minimum Gasteiger partial charge on any atom is -0.494 e. The Labute approximate surface area is 309 Å². The number of carbonyl (C=O) groups is 4. The smallest absolute Gasteiger partial charge is 0.315 e. The zero-order valence-electron chi connectivity index (χ0n) is 30.1. The van der Waals surface area contributed by atoms with Crippen molar-refractivity contribution in [1.82, 2.24) is 25.6 Å². The van der Waals surface area contributed by atoms with Crippen LogP contribution in [0.2, 0.25) is 0 Å². The maximum atomic E-state index is 14.5. The summed E-state index contributed by atoms with van der Waals surface area (Å²) in [5.41, 5.74) is 1.93. The minimum atomic E-state index is -3.89. The third-order valence-corrected chi connectivity index (χ3v) is 12.4. The molecule has 4 bridgehead atoms. The number of benzene rings is 2. The summed E-state index contributed by atoms with van der Waals surface area (Å²) in [5.74, 6) is -1.85. The summed E-state index contributed by atoms with van der Waals surface area (Å²) in [4.78, 5) is 62.9. The fraction of sp³-hybridized carbons (Fsp3) is 0.500. The molecule has 0 spiro atoms. The zero-order chi connectivity index (χ0) is 37.7. The molecule has 14 nitrogen and oxygen atoms in total. The second-order valence-electron chi connectivity index (χ2n) is 15.6. The van der Waals surface area contributed by atoms with Crippen LogP contribution in [0.1, 0.15) is 70.4 Å². The molecule has 5 amide bonds. The number of nitrogens with one attached hydrogen (secondary N) is 4. The highest BCUT2D eigenvalue weighted by Crippen LogP contribution is 2.46. The van der Waals surface area contributed by atoms with Crippen LogP contribution in [0, 0.1) is 11.3 Å². The van der Waals surface area contributed by atoms with Gasteiger partial charge in [0.15, 0.2) is 0 Å². The van der Waals surface area contributed by atoms with E-state index in [0.717, 1.165) is 22.3 Å². The number of fused-ring (bicyclic) bond motifs is 6. The number of oxime groups is 1. The highest BCUT2D eigenvalue weighted by Gasteiger charge is 2.62. The largest absolute Gasteiger partial charge is 0.494 e. The lowest BCUT2D eigenvalue weighted by atomic mass is 9.85. The molecule has 2 saturated carbocycles. The van der Waals surface area contributed by atoms with Crippen LogP contribution in [-0.2, 0) is 29.2 Å². The fourth-order valence-electron chi connectivity index (χ4n) is 7.34. The molecule has 3 aliphatic carbocycles. The molecule has 3 fully saturated rings. The van der Waals surface area contributed by atoms with E-state index in [1.165, 1.54) is 11.0 Å². The summed E-state index contributed by atoms with van der Waals surface area (Å²) in [6, 6.07) is 11.0. The van der Waals surface area contributed by atoms with E-state index in [0.29, 0.717) is 50.3 Å². The molecule has 2 aromatic carbocycles. The second kappa shape index (κ2) is 13.8. The quantitative estimate of drug-likeness (QED) is 0.278. The monoisotopic (exact) mass is 746 g/mol. The number of amides is 5. The molecule has 5 aliphatic rings. The Bertz CT molecular complexity index is 1990. The molecule has 2 aliphatic heterocycles. The van der Waals surface area contributed by atoms with Crippen LogP contribution >= 0.6 is 0 Å². The number of hydrogen-bond donors (Lipinski definition) is 4. The van der Waals surface area contributed by atoms with E-state index in [1.807, 2.05) is 63.2 Å². The third-order valence-electron chi connectivity index (χ3n) is 10.6. The molecular weight excluding hydrogens is 701 g/mol. The van der Waals surface area contributed by atoms with Gasteiger partial charge in [-0.25, -0.2) is 13.2 Å². The number of urea groups is 1. The van der Waals surface area contributed by atoms with Crippen molar-refractivity contribution in [2.24, 2.45) is 16.5 Å². The average molecular weight is 747 g/mol. The molecule has 282 valence electrons. The number of sulfonamides is 1. The Balaban J connectivity index is 1.21. The van der Waals surface area contributed by atoms with Gasteiger partial charge in [-0.1, -0.05) is 56.3 Å². The van der Waals surface area contributed by atoms with Crippen molar-refractivity contribution in [2.75, 3.05) is 19.7 Å². The van der Waals surface area contributed by atoms with Gasteiger partial charge in [-0.2, -0.15) is 0 Å². The minimum absolute atomic E-state index is 0.0197. The lowest BCUT2D eigenvalue weighted by Gasteiger charge is -2.35. The standard InChI is InChI=1S/C38H46N6O8S/c1-5-22-20-38(22,35(47)43-53(49,50)25-13-14-25)41-33(45)30-19-24-21-44(30)34(46)32(37(2,3)4)40-36(48)39-16-8-9-17-51-23-12-15-27-26-10-6-7-11-28(26)31(42-52-24)29(27)18-23/h5-7,10-12,15,18,22,24-25,30,32H,1,8-9,13-14,16-17,19-21H2,2-4H3,(H,41,45)(H,43,47)(H2,39,40,48)/b42-31+/t22-,24?,30?,32-,38?/m1/s1. The van der Waals surface area contributed by atoms with Crippen molar-refractivity contribution in [1.29, 1.82) is 0 Å². The number of rotatable bonds is 6. The van der Waals surface area contributed by atoms with Crippen LogP contribution < -0.4 is 25.4 Å². The van der Waals surface area contributed by atoms with Gasteiger partial charge in [-0.05, 0) is 66.8 Å². The first-order valence-electron chi connectivity index (χ1n) is 18.2. The van der Waals surface area contributed by atoms with Gasteiger partial charge in [0, 0.05) is 30.0 Å². The van der Waals surface area contributed by atoms with Crippen molar-refractivity contribution in [2.45, 2.75) is 88.3 Å². The topological polar surface area (TPSA) is 185 Å². The Morgan fingerprint density at radius 3 is 2.49 bits per heavy atom. The van der Waals surface area contributed by atoms with E-state index in [2.05, 4.69) is 32.4 Å². The van der Waals surface area contributed by atoms with E-state index in [4.69, 9.17) is 9.57 Å². The predicted molar refractivity (Wildman–Crippen MR) is 196 cm³/mol. The van der Waals surface area contributed by atoms with Gasteiger partial charge in [0.05, 0.1) is 18.4 Å². The Morgan fingerprint density at radius 2 is 1.79 bits per heavy atom.